The van der Waals surface area contributed by atoms with Crippen molar-refractivity contribution < 1.29 is 0 Å². The predicted molar refractivity (Wildman–Crippen MR) is 55.2 cm³/mol. The van der Waals surface area contributed by atoms with Crippen LogP contribution in [0.15, 0.2) is 12.3 Å². The van der Waals surface area contributed by atoms with Crippen molar-refractivity contribution in [1.29, 1.82) is 0 Å². The molecule has 1 aliphatic carbocycles. The van der Waals surface area contributed by atoms with Gasteiger partial charge in [-0.05, 0) is 37.8 Å². The van der Waals surface area contributed by atoms with Crippen LogP contribution in [-0.2, 0) is 0 Å². The Hall–Kier alpha value is -0.760. The van der Waals surface area contributed by atoms with E-state index in [1.807, 2.05) is 13.0 Å². The zero-order valence-electron chi connectivity index (χ0n) is 7.68. The number of rotatable bonds is 2. The number of nitrogens with zero attached hydrogens (tertiary/aromatic N) is 1. The van der Waals surface area contributed by atoms with Crippen LogP contribution in [0.2, 0.25) is 5.02 Å². The smallest absolute Gasteiger partial charge is 0.145 e. The van der Waals surface area contributed by atoms with E-state index >= 15 is 0 Å². The number of pyridine rings is 1. The van der Waals surface area contributed by atoms with E-state index in [4.69, 9.17) is 11.6 Å². The number of hydrogen-bond acceptors (Lipinski definition) is 2. The van der Waals surface area contributed by atoms with Crippen molar-refractivity contribution in [3.05, 3.63) is 22.8 Å². The molecule has 0 spiro atoms. The molecule has 1 fully saturated rings. The van der Waals surface area contributed by atoms with Crippen LogP contribution in [0.1, 0.15) is 24.8 Å². The normalized spacial score (nSPS) is 16.8. The largest absolute Gasteiger partial charge is 0.366 e. The maximum absolute atomic E-state index is 6.09. The Morgan fingerprint density at radius 3 is 2.92 bits per heavy atom. The first-order valence-electron chi connectivity index (χ1n) is 4.65. The number of aromatic nitrogens is 1. The Balaban J connectivity index is 2.14. The van der Waals surface area contributed by atoms with E-state index in [0.29, 0.717) is 6.04 Å². The second-order valence-electron chi connectivity index (χ2n) is 3.56. The average molecular weight is 197 g/mol. The lowest BCUT2D eigenvalue weighted by Crippen LogP contribution is -2.27. The van der Waals surface area contributed by atoms with Gasteiger partial charge >= 0.3 is 0 Å². The van der Waals surface area contributed by atoms with Crippen molar-refractivity contribution in [2.75, 3.05) is 5.32 Å². The maximum Gasteiger partial charge on any atom is 0.145 e. The van der Waals surface area contributed by atoms with E-state index in [9.17, 15) is 0 Å². The van der Waals surface area contributed by atoms with E-state index in [0.717, 1.165) is 16.4 Å². The fourth-order valence-corrected chi connectivity index (χ4v) is 1.55. The topological polar surface area (TPSA) is 24.9 Å². The summed E-state index contributed by atoms with van der Waals surface area (Å²) in [5, 5.41) is 4.10. The quantitative estimate of drug-likeness (QED) is 0.787. The standard InChI is InChI=1S/C10H13ClN2/c1-7-5-6-12-10(9(7)11)13-8-3-2-4-8/h5-6,8H,2-4H2,1H3,(H,12,13). The van der Waals surface area contributed by atoms with Gasteiger partial charge in [0, 0.05) is 12.2 Å². The average Bonchev–Trinajstić information content (AvgIpc) is 2.04. The molecule has 1 saturated carbocycles. The lowest BCUT2D eigenvalue weighted by molar-refractivity contribution is 0.444. The number of aryl methyl sites for hydroxylation is 1. The molecule has 13 heavy (non-hydrogen) atoms. The van der Waals surface area contributed by atoms with Crippen LogP contribution in [0.5, 0.6) is 0 Å². The van der Waals surface area contributed by atoms with Crippen molar-refractivity contribution in [3.63, 3.8) is 0 Å². The first-order valence-corrected chi connectivity index (χ1v) is 5.03. The Morgan fingerprint density at radius 2 is 2.31 bits per heavy atom. The lowest BCUT2D eigenvalue weighted by atomic mass is 9.93. The van der Waals surface area contributed by atoms with Crippen molar-refractivity contribution >= 4 is 17.4 Å². The molecular formula is C10H13ClN2. The highest BCUT2D eigenvalue weighted by molar-refractivity contribution is 6.33. The monoisotopic (exact) mass is 196 g/mol. The minimum absolute atomic E-state index is 0.590. The molecule has 0 saturated heterocycles. The summed E-state index contributed by atoms with van der Waals surface area (Å²) in [4.78, 5) is 4.22. The summed E-state index contributed by atoms with van der Waals surface area (Å²) in [6.07, 6.45) is 5.60. The van der Waals surface area contributed by atoms with Gasteiger partial charge in [-0.3, -0.25) is 0 Å². The van der Waals surface area contributed by atoms with Gasteiger partial charge in [0.2, 0.25) is 0 Å². The zero-order valence-corrected chi connectivity index (χ0v) is 8.43. The number of hydrogen-bond donors (Lipinski definition) is 1. The highest BCUT2D eigenvalue weighted by atomic mass is 35.5. The van der Waals surface area contributed by atoms with Crippen LogP contribution in [0, 0.1) is 6.92 Å². The predicted octanol–water partition coefficient (Wildman–Crippen LogP) is 3.01. The minimum atomic E-state index is 0.590. The molecule has 0 bridgehead atoms. The molecule has 0 aromatic carbocycles. The summed E-state index contributed by atoms with van der Waals surface area (Å²) < 4.78 is 0. The van der Waals surface area contributed by atoms with Crippen molar-refractivity contribution in [2.45, 2.75) is 32.2 Å². The molecule has 0 radical (unpaired) electrons. The summed E-state index contributed by atoms with van der Waals surface area (Å²) in [5.41, 5.74) is 1.08. The van der Waals surface area contributed by atoms with Gasteiger partial charge in [0.05, 0.1) is 5.02 Å². The SMILES string of the molecule is Cc1ccnc(NC2CCC2)c1Cl. The third-order valence-electron chi connectivity index (χ3n) is 2.53. The molecule has 1 heterocycles. The molecule has 2 nitrogen and oxygen atoms in total. The number of nitrogens with one attached hydrogen (secondary N) is 1. The Bertz CT molecular complexity index is 308. The molecule has 2 rings (SSSR count). The molecule has 0 atom stereocenters. The Kier molecular flexibility index (Phi) is 2.40. The molecule has 1 N–H and O–H groups in total. The van der Waals surface area contributed by atoms with E-state index in [-0.39, 0.29) is 0 Å². The van der Waals surface area contributed by atoms with E-state index in [1.165, 1.54) is 19.3 Å². The van der Waals surface area contributed by atoms with Gasteiger partial charge in [-0.15, -0.1) is 0 Å². The van der Waals surface area contributed by atoms with Crippen LogP contribution in [0.4, 0.5) is 5.82 Å². The van der Waals surface area contributed by atoms with Gasteiger partial charge in [0.1, 0.15) is 5.82 Å². The van der Waals surface area contributed by atoms with E-state index in [1.54, 1.807) is 6.20 Å². The summed E-state index contributed by atoms with van der Waals surface area (Å²) in [6.45, 7) is 2.00. The molecule has 1 aromatic heterocycles. The third-order valence-corrected chi connectivity index (χ3v) is 3.01. The molecule has 0 amide bonds. The van der Waals surface area contributed by atoms with Crippen LogP contribution in [0.25, 0.3) is 0 Å². The van der Waals surface area contributed by atoms with Gasteiger partial charge in [-0.1, -0.05) is 11.6 Å². The van der Waals surface area contributed by atoms with Crippen molar-refractivity contribution in [3.8, 4) is 0 Å². The van der Waals surface area contributed by atoms with Gasteiger partial charge in [0.15, 0.2) is 0 Å². The summed E-state index contributed by atoms with van der Waals surface area (Å²) in [6, 6.07) is 2.51. The maximum atomic E-state index is 6.09. The Labute approximate surface area is 83.3 Å². The van der Waals surface area contributed by atoms with Gasteiger partial charge in [-0.2, -0.15) is 0 Å². The molecular weight excluding hydrogens is 184 g/mol. The number of anilines is 1. The van der Waals surface area contributed by atoms with E-state index < -0.39 is 0 Å². The highest BCUT2D eigenvalue weighted by Gasteiger charge is 2.18. The van der Waals surface area contributed by atoms with Crippen LogP contribution < -0.4 is 5.32 Å². The highest BCUT2D eigenvalue weighted by Crippen LogP contribution is 2.27. The molecule has 1 aromatic rings. The molecule has 0 aliphatic heterocycles. The van der Waals surface area contributed by atoms with Crippen LogP contribution in [0.3, 0.4) is 0 Å². The van der Waals surface area contributed by atoms with Crippen LogP contribution in [-0.4, -0.2) is 11.0 Å². The van der Waals surface area contributed by atoms with E-state index in [2.05, 4.69) is 10.3 Å². The lowest BCUT2D eigenvalue weighted by Gasteiger charge is -2.27. The summed E-state index contributed by atoms with van der Waals surface area (Å²) in [7, 11) is 0. The fraction of sp³-hybridized carbons (Fsp3) is 0.500. The first kappa shape index (κ1) is 8.82. The zero-order chi connectivity index (χ0) is 9.26. The second kappa shape index (κ2) is 3.54. The molecule has 70 valence electrons. The van der Waals surface area contributed by atoms with Crippen molar-refractivity contribution in [1.82, 2.24) is 4.98 Å². The molecule has 0 unspecified atom stereocenters. The molecule has 1 aliphatic rings. The minimum Gasteiger partial charge on any atom is -0.366 e. The summed E-state index contributed by atoms with van der Waals surface area (Å²) >= 11 is 6.09. The van der Waals surface area contributed by atoms with Gasteiger partial charge in [0.25, 0.3) is 0 Å². The number of halogens is 1. The fourth-order valence-electron chi connectivity index (χ4n) is 1.39. The first-order chi connectivity index (χ1) is 6.27. The third kappa shape index (κ3) is 1.78. The van der Waals surface area contributed by atoms with Crippen LogP contribution >= 0.6 is 11.6 Å². The van der Waals surface area contributed by atoms with Gasteiger partial charge < -0.3 is 5.32 Å². The second-order valence-corrected chi connectivity index (χ2v) is 3.94. The van der Waals surface area contributed by atoms with Crippen molar-refractivity contribution in [2.24, 2.45) is 0 Å². The Morgan fingerprint density at radius 1 is 1.54 bits per heavy atom. The van der Waals surface area contributed by atoms with Gasteiger partial charge in [-0.25, -0.2) is 4.98 Å². The molecule has 3 heteroatoms. The summed E-state index contributed by atoms with van der Waals surface area (Å²) in [5.74, 6) is 0.839.